The zero-order valence-corrected chi connectivity index (χ0v) is 21.7. The van der Waals surface area contributed by atoms with Gasteiger partial charge in [-0.05, 0) is 36.9 Å². The largest absolute Gasteiger partial charge is 0.372 e. The van der Waals surface area contributed by atoms with Gasteiger partial charge in [-0.2, -0.15) is 0 Å². The molecule has 1 unspecified atom stereocenters. The van der Waals surface area contributed by atoms with Crippen molar-refractivity contribution in [2.75, 3.05) is 13.1 Å². The van der Waals surface area contributed by atoms with E-state index in [0.717, 1.165) is 43.4 Å². The van der Waals surface area contributed by atoms with Crippen molar-refractivity contribution < 1.29 is 19.1 Å². The quantitative estimate of drug-likeness (QED) is 0.462. The van der Waals surface area contributed by atoms with Crippen LogP contribution in [0.3, 0.4) is 0 Å². The summed E-state index contributed by atoms with van der Waals surface area (Å²) in [7, 11) is 0. The highest BCUT2D eigenvalue weighted by Gasteiger charge is 2.42. The Morgan fingerprint density at radius 2 is 1.76 bits per heavy atom. The van der Waals surface area contributed by atoms with Crippen LogP contribution in [0.5, 0.6) is 0 Å². The van der Waals surface area contributed by atoms with Gasteiger partial charge in [0.2, 0.25) is 11.8 Å². The number of benzene rings is 2. The van der Waals surface area contributed by atoms with Crippen LogP contribution >= 0.6 is 0 Å². The third-order valence-electron chi connectivity index (χ3n) is 7.30. The van der Waals surface area contributed by atoms with Gasteiger partial charge in [0, 0.05) is 25.8 Å². The molecule has 4 atom stereocenters. The number of carbonyl (C=O) groups excluding carboxylic acids is 3. The first kappa shape index (κ1) is 27.0. The molecule has 0 aliphatic carbocycles. The Balaban J connectivity index is 1.51. The van der Waals surface area contributed by atoms with Gasteiger partial charge >= 0.3 is 0 Å². The Hall–Kier alpha value is -3.03. The number of hydrogen-bond donors (Lipinski definition) is 2. The van der Waals surface area contributed by atoms with Crippen LogP contribution in [0.2, 0.25) is 0 Å². The van der Waals surface area contributed by atoms with E-state index in [2.05, 4.69) is 17.6 Å². The molecule has 2 heterocycles. The van der Waals surface area contributed by atoms with Crippen LogP contribution in [0.4, 0.5) is 0 Å². The Morgan fingerprint density at radius 3 is 2.41 bits per heavy atom. The van der Waals surface area contributed by atoms with Crippen molar-refractivity contribution in [3.05, 3.63) is 71.8 Å². The fourth-order valence-corrected chi connectivity index (χ4v) is 5.20. The third kappa shape index (κ3) is 7.49. The molecule has 0 spiro atoms. The van der Waals surface area contributed by atoms with E-state index < -0.39 is 12.1 Å². The molecule has 2 saturated heterocycles. The van der Waals surface area contributed by atoms with E-state index in [1.54, 1.807) is 4.90 Å². The highest BCUT2D eigenvalue weighted by Crippen LogP contribution is 2.25. The molecule has 2 fully saturated rings. The summed E-state index contributed by atoms with van der Waals surface area (Å²) in [6, 6.07) is 18.1. The van der Waals surface area contributed by atoms with Crippen LogP contribution in [0.1, 0.15) is 56.6 Å². The first-order valence-electron chi connectivity index (χ1n) is 13.6. The molecular weight excluding hydrogens is 466 g/mol. The summed E-state index contributed by atoms with van der Waals surface area (Å²) in [5, 5.41) is 6.23. The van der Waals surface area contributed by atoms with Crippen molar-refractivity contribution >= 4 is 17.6 Å². The molecular formula is C30H39N3O4. The highest BCUT2D eigenvalue weighted by atomic mass is 16.5. The van der Waals surface area contributed by atoms with Crippen molar-refractivity contribution in [3.63, 3.8) is 0 Å². The van der Waals surface area contributed by atoms with E-state index in [1.165, 1.54) is 0 Å². The molecule has 2 aliphatic rings. The Kier molecular flexibility index (Phi) is 9.85. The zero-order chi connectivity index (χ0) is 26.0. The molecule has 198 valence electrons. The molecule has 2 aromatic carbocycles. The van der Waals surface area contributed by atoms with E-state index in [9.17, 15) is 14.4 Å². The van der Waals surface area contributed by atoms with Gasteiger partial charge in [0.05, 0.1) is 24.8 Å². The number of hydrogen-bond acceptors (Lipinski definition) is 5. The Morgan fingerprint density at radius 1 is 1.05 bits per heavy atom. The number of carbonyl (C=O) groups is 3. The fraction of sp³-hybridized carbons (Fsp3) is 0.500. The number of rotatable bonds is 12. The molecule has 2 amide bonds. The molecule has 2 N–H and O–H groups in total. The smallest absolute Gasteiger partial charge is 0.246 e. The van der Waals surface area contributed by atoms with Crippen molar-refractivity contribution in [2.24, 2.45) is 0 Å². The molecule has 7 nitrogen and oxygen atoms in total. The SMILES string of the molecule is CCCCC(=O)C1C[C@H](OCc2ccccc2)CN1C(=O)[C@@H](Cc1ccccc1)NC(=O)[C@@H]1CCCN1. The summed E-state index contributed by atoms with van der Waals surface area (Å²) in [5.74, 6) is -0.296. The van der Waals surface area contributed by atoms with E-state index in [1.807, 2.05) is 60.7 Å². The Labute approximate surface area is 220 Å². The van der Waals surface area contributed by atoms with Crippen LogP contribution in [0, 0.1) is 0 Å². The normalized spacial score (nSPS) is 22.1. The van der Waals surface area contributed by atoms with Gasteiger partial charge in [-0.15, -0.1) is 0 Å². The summed E-state index contributed by atoms with van der Waals surface area (Å²) >= 11 is 0. The lowest BCUT2D eigenvalue weighted by molar-refractivity contribution is -0.141. The first-order valence-corrected chi connectivity index (χ1v) is 13.6. The minimum atomic E-state index is -0.744. The Bertz CT molecular complexity index is 1020. The summed E-state index contributed by atoms with van der Waals surface area (Å²) in [5.41, 5.74) is 2.02. The number of nitrogens with one attached hydrogen (secondary N) is 2. The van der Waals surface area contributed by atoms with Gasteiger partial charge in [0.1, 0.15) is 6.04 Å². The van der Waals surface area contributed by atoms with Gasteiger partial charge in [0.25, 0.3) is 0 Å². The lowest BCUT2D eigenvalue weighted by Gasteiger charge is -2.29. The molecule has 0 bridgehead atoms. The average molecular weight is 506 g/mol. The van der Waals surface area contributed by atoms with E-state index in [0.29, 0.717) is 32.4 Å². The van der Waals surface area contributed by atoms with E-state index in [-0.39, 0.29) is 29.7 Å². The van der Waals surface area contributed by atoms with Crippen molar-refractivity contribution in [1.82, 2.24) is 15.5 Å². The maximum atomic E-state index is 14.0. The van der Waals surface area contributed by atoms with Crippen molar-refractivity contribution in [3.8, 4) is 0 Å². The summed E-state index contributed by atoms with van der Waals surface area (Å²) < 4.78 is 6.17. The van der Waals surface area contributed by atoms with Crippen LogP contribution in [-0.4, -0.2) is 59.8 Å². The number of unbranched alkanes of at least 4 members (excludes halogenated alkanes) is 1. The molecule has 2 aliphatic heterocycles. The van der Waals surface area contributed by atoms with Crippen molar-refractivity contribution in [2.45, 2.75) is 82.7 Å². The first-order chi connectivity index (χ1) is 18.0. The van der Waals surface area contributed by atoms with Crippen LogP contribution in [-0.2, 0) is 32.1 Å². The number of likely N-dealkylation sites (tertiary alicyclic amines) is 1. The van der Waals surface area contributed by atoms with Gasteiger partial charge in [-0.1, -0.05) is 74.0 Å². The number of amides is 2. The predicted octanol–water partition coefficient (Wildman–Crippen LogP) is 3.41. The van der Waals surface area contributed by atoms with Gasteiger partial charge < -0.3 is 20.3 Å². The fourth-order valence-electron chi connectivity index (χ4n) is 5.20. The maximum Gasteiger partial charge on any atom is 0.246 e. The maximum absolute atomic E-state index is 14.0. The molecule has 0 aromatic heterocycles. The predicted molar refractivity (Wildman–Crippen MR) is 143 cm³/mol. The molecule has 0 radical (unpaired) electrons. The number of ether oxygens (including phenoxy) is 1. The number of ketones is 1. The molecule has 0 saturated carbocycles. The number of nitrogens with zero attached hydrogens (tertiary/aromatic N) is 1. The number of Topliss-reactive ketones (excluding diaryl/α,β-unsaturated/α-hetero) is 1. The molecule has 7 heteroatoms. The van der Waals surface area contributed by atoms with Crippen LogP contribution < -0.4 is 10.6 Å². The van der Waals surface area contributed by atoms with Gasteiger partial charge in [-0.25, -0.2) is 0 Å². The summed E-state index contributed by atoms with van der Waals surface area (Å²) in [4.78, 5) is 41.9. The standard InChI is InChI=1S/C30H39N3O4/c1-2-3-16-28(34)27-19-24(37-21-23-13-8-5-9-14-23)20-33(27)30(36)26(18-22-11-6-4-7-12-22)32-29(35)25-15-10-17-31-25/h4-9,11-14,24-27,31H,2-3,10,15-21H2,1H3,(H,32,35)/t24-,25-,26+,27?/m0/s1. The molecule has 37 heavy (non-hydrogen) atoms. The lowest BCUT2D eigenvalue weighted by atomic mass is 10.0. The van der Waals surface area contributed by atoms with E-state index >= 15 is 0 Å². The summed E-state index contributed by atoms with van der Waals surface area (Å²) in [6.45, 7) is 3.63. The zero-order valence-electron chi connectivity index (χ0n) is 21.7. The second-order valence-electron chi connectivity index (χ2n) is 10.1. The lowest BCUT2D eigenvalue weighted by Crippen LogP contribution is -2.55. The molecule has 2 aromatic rings. The van der Waals surface area contributed by atoms with Gasteiger partial charge in [-0.3, -0.25) is 14.4 Å². The minimum absolute atomic E-state index is 0.0725. The highest BCUT2D eigenvalue weighted by molar-refractivity contribution is 5.94. The van der Waals surface area contributed by atoms with Crippen molar-refractivity contribution in [1.29, 1.82) is 0 Å². The topological polar surface area (TPSA) is 87.7 Å². The van der Waals surface area contributed by atoms with Gasteiger partial charge in [0.15, 0.2) is 5.78 Å². The van der Waals surface area contributed by atoms with Crippen LogP contribution in [0.25, 0.3) is 0 Å². The third-order valence-corrected chi connectivity index (χ3v) is 7.30. The second-order valence-corrected chi connectivity index (χ2v) is 10.1. The second kappa shape index (κ2) is 13.5. The minimum Gasteiger partial charge on any atom is -0.372 e. The molecule has 4 rings (SSSR count). The van der Waals surface area contributed by atoms with E-state index in [4.69, 9.17) is 4.74 Å². The average Bonchev–Trinajstić information content (AvgIpc) is 3.62. The summed E-state index contributed by atoms with van der Waals surface area (Å²) in [6.07, 6.45) is 4.48. The van der Waals surface area contributed by atoms with Crippen LogP contribution in [0.15, 0.2) is 60.7 Å². The monoisotopic (exact) mass is 505 g/mol.